The number of hydrogen-bond acceptors (Lipinski definition) is 5. The van der Waals surface area contributed by atoms with E-state index in [2.05, 4.69) is 15.0 Å². The number of carbonyl (C=O) groups is 1. The Morgan fingerprint density at radius 2 is 1.88 bits per heavy atom. The Morgan fingerprint density at radius 1 is 1.12 bits per heavy atom. The number of nitrogens with zero attached hydrogens (tertiary/aromatic N) is 3. The van der Waals surface area contributed by atoms with Crippen molar-refractivity contribution in [3.8, 4) is 16.9 Å². The third-order valence-electron chi connectivity index (χ3n) is 5.46. The number of aromatic nitrogens is 3. The van der Waals surface area contributed by atoms with Gasteiger partial charge in [-0.25, -0.2) is 9.97 Å². The van der Waals surface area contributed by atoms with Gasteiger partial charge in [0.2, 0.25) is 0 Å². The quantitative estimate of drug-likeness (QED) is 0.427. The Labute approximate surface area is 191 Å². The van der Waals surface area contributed by atoms with Gasteiger partial charge in [0.25, 0.3) is 5.91 Å². The molecule has 0 radical (unpaired) electrons. The summed E-state index contributed by atoms with van der Waals surface area (Å²) in [6, 6.07) is 11.5. The molecule has 0 bridgehead atoms. The highest BCUT2D eigenvalue weighted by molar-refractivity contribution is 7.13. The van der Waals surface area contributed by atoms with Crippen molar-refractivity contribution in [1.82, 2.24) is 19.9 Å². The lowest BCUT2D eigenvalue weighted by atomic mass is 10.0. The summed E-state index contributed by atoms with van der Waals surface area (Å²) in [6.45, 7) is 3.85. The SMILES string of the molecule is Cc1nc2cc(-c3ccc4c(c3)CN(C(=O)c3sc(C)nc3C(F)(F)F)CCO4)ccc2[nH]1. The highest BCUT2D eigenvalue weighted by Gasteiger charge is 2.40. The number of carbonyl (C=O) groups excluding carboxylic acids is 1. The molecule has 1 aliphatic heterocycles. The zero-order chi connectivity index (χ0) is 23.3. The summed E-state index contributed by atoms with van der Waals surface area (Å²) in [5.74, 6) is 0.744. The number of rotatable bonds is 2. The summed E-state index contributed by atoms with van der Waals surface area (Å²) >= 11 is 0.761. The zero-order valence-electron chi connectivity index (χ0n) is 17.8. The number of aromatic amines is 1. The van der Waals surface area contributed by atoms with Crippen molar-refractivity contribution in [2.24, 2.45) is 0 Å². The summed E-state index contributed by atoms with van der Waals surface area (Å²) in [5.41, 5.74) is 3.22. The molecule has 1 N–H and O–H groups in total. The number of fused-ring (bicyclic) bond motifs is 2. The number of aryl methyl sites for hydroxylation is 2. The van der Waals surface area contributed by atoms with E-state index in [1.54, 1.807) is 0 Å². The summed E-state index contributed by atoms with van der Waals surface area (Å²) < 4.78 is 46.0. The first-order valence-corrected chi connectivity index (χ1v) is 11.1. The first kappa shape index (κ1) is 21.4. The average molecular weight is 472 g/mol. The lowest BCUT2D eigenvalue weighted by molar-refractivity contribution is -0.141. The van der Waals surface area contributed by atoms with Crippen LogP contribution in [0.5, 0.6) is 5.75 Å². The number of nitrogens with one attached hydrogen (secondary N) is 1. The zero-order valence-corrected chi connectivity index (χ0v) is 18.6. The van der Waals surface area contributed by atoms with Crippen LogP contribution in [0.25, 0.3) is 22.2 Å². The largest absolute Gasteiger partial charge is 0.491 e. The van der Waals surface area contributed by atoms with Crippen molar-refractivity contribution in [2.75, 3.05) is 13.2 Å². The van der Waals surface area contributed by atoms with Gasteiger partial charge in [0.1, 0.15) is 23.1 Å². The molecule has 0 saturated carbocycles. The van der Waals surface area contributed by atoms with Crippen molar-refractivity contribution < 1.29 is 22.7 Å². The minimum atomic E-state index is -4.69. The third-order valence-corrected chi connectivity index (χ3v) is 6.42. The number of ether oxygens (including phenoxy) is 1. The summed E-state index contributed by atoms with van der Waals surface area (Å²) in [4.78, 5) is 25.3. The fraction of sp³-hybridized carbons (Fsp3) is 0.261. The molecule has 170 valence electrons. The molecule has 0 saturated heterocycles. The smallest absolute Gasteiger partial charge is 0.435 e. The summed E-state index contributed by atoms with van der Waals surface area (Å²) in [7, 11) is 0. The molecule has 5 rings (SSSR count). The van der Waals surface area contributed by atoms with E-state index in [-0.39, 0.29) is 29.6 Å². The van der Waals surface area contributed by atoms with Crippen LogP contribution in [0.2, 0.25) is 0 Å². The van der Waals surface area contributed by atoms with Crippen LogP contribution in [-0.4, -0.2) is 38.9 Å². The number of benzene rings is 2. The lowest BCUT2D eigenvalue weighted by Crippen LogP contribution is -2.33. The van der Waals surface area contributed by atoms with Crippen LogP contribution in [-0.2, 0) is 12.7 Å². The van der Waals surface area contributed by atoms with Crippen LogP contribution in [0.1, 0.15) is 31.8 Å². The standard InChI is InChI=1S/C23H19F3N4O2S/c1-12-27-17-5-3-15(10-18(17)28-12)14-4-6-19-16(9-14)11-30(7-8-32-19)22(31)20-21(23(24,25)26)29-13(2)33-20/h3-6,9-10H,7-8,11H2,1-2H3,(H,27,28). The molecule has 2 aromatic carbocycles. The molecule has 10 heteroatoms. The van der Waals surface area contributed by atoms with Crippen molar-refractivity contribution in [3.05, 3.63) is 63.4 Å². The molecule has 0 spiro atoms. The van der Waals surface area contributed by atoms with Gasteiger partial charge in [-0.1, -0.05) is 12.1 Å². The van der Waals surface area contributed by atoms with Gasteiger partial charge in [-0.05, 0) is 49.2 Å². The van der Waals surface area contributed by atoms with Crippen molar-refractivity contribution in [2.45, 2.75) is 26.6 Å². The van der Waals surface area contributed by atoms with E-state index in [0.717, 1.165) is 44.9 Å². The maximum Gasteiger partial charge on any atom is 0.435 e. The highest BCUT2D eigenvalue weighted by Crippen LogP contribution is 2.36. The molecule has 1 amide bonds. The van der Waals surface area contributed by atoms with E-state index in [1.807, 2.05) is 43.3 Å². The second-order valence-corrected chi connectivity index (χ2v) is 9.06. The predicted octanol–water partition coefficient (Wildman–Crippen LogP) is 5.36. The molecule has 4 aromatic rings. The van der Waals surface area contributed by atoms with E-state index in [0.29, 0.717) is 5.75 Å². The molecular formula is C23H19F3N4O2S. The van der Waals surface area contributed by atoms with Gasteiger partial charge in [0.05, 0.1) is 22.6 Å². The number of alkyl halides is 3. The average Bonchev–Trinajstić information content (AvgIpc) is 3.26. The molecule has 2 aromatic heterocycles. The van der Waals surface area contributed by atoms with Crippen LogP contribution >= 0.6 is 11.3 Å². The Morgan fingerprint density at radius 3 is 2.67 bits per heavy atom. The lowest BCUT2D eigenvalue weighted by Gasteiger charge is -2.20. The highest BCUT2D eigenvalue weighted by atomic mass is 32.1. The number of H-pyrrole nitrogens is 1. The number of amides is 1. The minimum absolute atomic E-state index is 0.139. The molecule has 0 aliphatic carbocycles. The Bertz CT molecular complexity index is 1380. The topological polar surface area (TPSA) is 71.1 Å². The van der Waals surface area contributed by atoms with Crippen LogP contribution < -0.4 is 4.74 Å². The van der Waals surface area contributed by atoms with Gasteiger partial charge in [-0.2, -0.15) is 13.2 Å². The van der Waals surface area contributed by atoms with Crippen molar-refractivity contribution >= 4 is 28.3 Å². The van der Waals surface area contributed by atoms with E-state index in [1.165, 1.54) is 11.8 Å². The maximum absolute atomic E-state index is 13.4. The minimum Gasteiger partial charge on any atom is -0.491 e. The number of halogens is 3. The van der Waals surface area contributed by atoms with Crippen molar-refractivity contribution in [3.63, 3.8) is 0 Å². The monoisotopic (exact) mass is 472 g/mol. The molecule has 33 heavy (non-hydrogen) atoms. The molecule has 0 fully saturated rings. The Kier molecular flexibility index (Phi) is 5.12. The Balaban J connectivity index is 1.48. The number of imidazole rings is 1. The fourth-order valence-electron chi connectivity index (χ4n) is 3.97. The molecule has 6 nitrogen and oxygen atoms in total. The first-order valence-electron chi connectivity index (χ1n) is 10.3. The number of hydrogen-bond donors (Lipinski definition) is 1. The van der Waals surface area contributed by atoms with E-state index in [9.17, 15) is 18.0 Å². The molecular weight excluding hydrogens is 453 g/mol. The molecule has 0 atom stereocenters. The van der Waals surface area contributed by atoms with E-state index >= 15 is 0 Å². The molecule has 3 heterocycles. The van der Waals surface area contributed by atoms with Gasteiger partial charge in [-0.15, -0.1) is 11.3 Å². The van der Waals surface area contributed by atoms with E-state index in [4.69, 9.17) is 4.74 Å². The maximum atomic E-state index is 13.4. The fourth-order valence-corrected chi connectivity index (χ4v) is 4.87. The molecule has 1 aliphatic rings. The van der Waals surface area contributed by atoms with Gasteiger partial charge >= 0.3 is 6.18 Å². The second kappa shape index (κ2) is 7.87. The number of thiazole rings is 1. The van der Waals surface area contributed by atoms with Crippen molar-refractivity contribution in [1.29, 1.82) is 0 Å². The summed E-state index contributed by atoms with van der Waals surface area (Å²) in [6.07, 6.45) is -4.69. The van der Waals surface area contributed by atoms with E-state index < -0.39 is 17.8 Å². The molecule has 0 unspecified atom stereocenters. The normalized spacial score (nSPS) is 14.2. The first-order chi connectivity index (χ1) is 15.7. The van der Waals surface area contributed by atoms with Crippen LogP contribution in [0.4, 0.5) is 13.2 Å². The Hall–Kier alpha value is -3.40. The van der Waals surface area contributed by atoms with Crippen LogP contribution in [0.3, 0.4) is 0 Å². The van der Waals surface area contributed by atoms with Gasteiger partial charge in [-0.3, -0.25) is 4.79 Å². The van der Waals surface area contributed by atoms with Gasteiger partial charge in [0.15, 0.2) is 5.69 Å². The predicted molar refractivity (Wildman–Crippen MR) is 118 cm³/mol. The van der Waals surface area contributed by atoms with Crippen LogP contribution in [0, 0.1) is 13.8 Å². The van der Waals surface area contributed by atoms with Gasteiger partial charge in [0, 0.05) is 12.1 Å². The summed E-state index contributed by atoms with van der Waals surface area (Å²) in [5, 5.41) is 0.198. The second-order valence-electron chi connectivity index (χ2n) is 7.86. The third kappa shape index (κ3) is 4.06. The van der Waals surface area contributed by atoms with Crippen LogP contribution in [0.15, 0.2) is 36.4 Å². The van der Waals surface area contributed by atoms with Gasteiger partial charge < -0.3 is 14.6 Å².